The second kappa shape index (κ2) is 8.74. The molecular formula is C18H18Cl2N2O3. The molecule has 0 aliphatic heterocycles. The molecule has 0 aliphatic rings. The van der Waals surface area contributed by atoms with Crippen LogP contribution in [0.4, 0.5) is 16.2 Å². The number of hydrogen-bond acceptors (Lipinski definition) is 3. The molecule has 0 fully saturated rings. The third kappa shape index (κ3) is 5.96. The number of nitrogens with one attached hydrogen (secondary N) is 2. The van der Waals surface area contributed by atoms with Gasteiger partial charge in [-0.15, -0.1) is 0 Å². The highest BCUT2D eigenvalue weighted by Crippen LogP contribution is 2.23. The van der Waals surface area contributed by atoms with Crippen LogP contribution in [0.25, 0.3) is 0 Å². The van der Waals surface area contributed by atoms with Crippen LogP contribution in [0.5, 0.6) is 0 Å². The highest BCUT2D eigenvalue weighted by atomic mass is 35.5. The molecule has 0 saturated carbocycles. The van der Waals surface area contributed by atoms with Crippen molar-refractivity contribution < 1.29 is 14.3 Å². The van der Waals surface area contributed by atoms with Crippen molar-refractivity contribution in [1.82, 2.24) is 0 Å². The lowest BCUT2D eigenvalue weighted by Gasteiger charge is -2.11. The van der Waals surface area contributed by atoms with Crippen LogP contribution in [-0.4, -0.2) is 18.6 Å². The van der Waals surface area contributed by atoms with Gasteiger partial charge in [0.2, 0.25) is 0 Å². The lowest BCUT2D eigenvalue weighted by atomic mass is 10.2. The fourth-order valence-corrected chi connectivity index (χ4v) is 2.44. The number of benzene rings is 2. The number of hydrogen-bond donors (Lipinski definition) is 2. The van der Waals surface area contributed by atoms with Crippen LogP contribution in [-0.2, 0) is 4.74 Å². The average Bonchev–Trinajstić information content (AvgIpc) is 2.53. The largest absolute Gasteiger partial charge is 0.449 e. The minimum Gasteiger partial charge on any atom is -0.449 e. The van der Waals surface area contributed by atoms with E-state index in [0.717, 1.165) is 0 Å². The van der Waals surface area contributed by atoms with Crippen molar-refractivity contribution in [2.24, 2.45) is 5.92 Å². The molecule has 2 amide bonds. The topological polar surface area (TPSA) is 67.4 Å². The zero-order chi connectivity index (χ0) is 18.4. The Kier molecular flexibility index (Phi) is 6.67. The lowest BCUT2D eigenvalue weighted by Crippen LogP contribution is -2.17. The Balaban J connectivity index is 2.03. The molecule has 5 nitrogen and oxygen atoms in total. The number of halogens is 2. The minimum atomic E-state index is -0.544. The van der Waals surface area contributed by atoms with Gasteiger partial charge < -0.3 is 10.1 Å². The van der Waals surface area contributed by atoms with E-state index in [2.05, 4.69) is 10.6 Å². The van der Waals surface area contributed by atoms with Crippen LogP contribution >= 0.6 is 23.2 Å². The third-order valence-electron chi connectivity index (χ3n) is 3.09. The van der Waals surface area contributed by atoms with Gasteiger partial charge in [0, 0.05) is 16.4 Å². The van der Waals surface area contributed by atoms with Crippen molar-refractivity contribution in [3.8, 4) is 0 Å². The van der Waals surface area contributed by atoms with E-state index in [-0.39, 0.29) is 16.8 Å². The zero-order valence-electron chi connectivity index (χ0n) is 13.8. The Morgan fingerprint density at radius 3 is 2.36 bits per heavy atom. The van der Waals surface area contributed by atoms with E-state index in [0.29, 0.717) is 28.6 Å². The summed E-state index contributed by atoms with van der Waals surface area (Å²) >= 11 is 11.9. The Hall–Kier alpha value is -2.24. The maximum atomic E-state index is 12.3. The molecule has 0 bridgehead atoms. The normalized spacial score (nSPS) is 10.4. The Morgan fingerprint density at radius 2 is 1.72 bits per heavy atom. The second-order valence-corrected chi connectivity index (χ2v) is 6.62. The molecule has 0 aromatic heterocycles. The molecule has 2 N–H and O–H groups in total. The molecule has 132 valence electrons. The van der Waals surface area contributed by atoms with E-state index in [9.17, 15) is 9.59 Å². The maximum Gasteiger partial charge on any atom is 0.411 e. The van der Waals surface area contributed by atoms with Gasteiger partial charge in [0.15, 0.2) is 0 Å². The average molecular weight is 381 g/mol. The Bertz CT molecular complexity index is 779. The van der Waals surface area contributed by atoms with Gasteiger partial charge in [0.1, 0.15) is 0 Å². The van der Waals surface area contributed by atoms with Gasteiger partial charge in [-0.25, -0.2) is 4.79 Å². The van der Waals surface area contributed by atoms with Crippen molar-refractivity contribution in [3.05, 3.63) is 58.1 Å². The summed E-state index contributed by atoms with van der Waals surface area (Å²) in [6.45, 7) is 4.23. The van der Waals surface area contributed by atoms with Crippen molar-refractivity contribution in [1.29, 1.82) is 0 Å². The number of anilines is 2. The summed E-state index contributed by atoms with van der Waals surface area (Å²) in [4.78, 5) is 24.0. The van der Waals surface area contributed by atoms with Gasteiger partial charge in [0.05, 0.1) is 17.2 Å². The third-order valence-corrected chi connectivity index (χ3v) is 3.64. The Morgan fingerprint density at radius 1 is 1.04 bits per heavy atom. The van der Waals surface area contributed by atoms with Crippen LogP contribution in [0.2, 0.25) is 10.0 Å². The number of ether oxygens (including phenoxy) is 1. The summed E-state index contributed by atoms with van der Waals surface area (Å²) in [7, 11) is 0. The van der Waals surface area contributed by atoms with Gasteiger partial charge in [-0.2, -0.15) is 0 Å². The fraction of sp³-hybridized carbons (Fsp3) is 0.222. The quantitative estimate of drug-likeness (QED) is 0.724. The predicted molar refractivity (Wildman–Crippen MR) is 101 cm³/mol. The molecule has 25 heavy (non-hydrogen) atoms. The van der Waals surface area contributed by atoms with Crippen molar-refractivity contribution >= 4 is 46.6 Å². The van der Waals surface area contributed by atoms with Crippen LogP contribution in [0.3, 0.4) is 0 Å². The van der Waals surface area contributed by atoms with Crippen LogP contribution < -0.4 is 10.6 Å². The van der Waals surface area contributed by atoms with E-state index >= 15 is 0 Å². The number of carbonyl (C=O) groups is 2. The van der Waals surface area contributed by atoms with Gasteiger partial charge in [-0.3, -0.25) is 10.1 Å². The first-order valence-corrected chi connectivity index (χ1v) is 8.41. The number of amides is 2. The summed E-state index contributed by atoms with van der Waals surface area (Å²) in [5.74, 6) is -0.123. The summed E-state index contributed by atoms with van der Waals surface area (Å²) in [5.41, 5.74) is 1.33. The number of rotatable bonds is 5. The monoisotopic (exact) mass is 380 g/mol. The van der Waals surface area contributed by atoms with Gasteiger partial charge in [0.25, 0.3) is 5.91 Å². The molecule has 0 saturated heterocycles. The highest BCUT2D eigenvalue weighted by Gasteiger charge is 2.12. The van der Waals surface area contributed by atoms with Gasteiger partial charge in [-0.05, 0) is 42.3 Å². The van der Waals surface area contributed by atoms with Gasteiger partial charge >= 0.3 is 6.09 Å². The molecular weight excluding hydrogens is 363 g/mol. The SMILES string of the molecule is CC(C)COC(=O)Nc1cccc(NC(=O)c2ccc(Cl)cc2Cl)c1. The summed E-state index contributed by atoms with van der Waals surface area (Å²) in [5, 5.41) is 6.05. The van der Waals surface area contributed by atoms with Gasteiger partial charge in [-0.1, -0.05) is 43.1 Å². The van der Waals surface area contributed by atoms with Crippen molar-refractivity contribution in [2.75, 3.05) is 17.2 Å². The molecule has 0 atom stereocenters. The first kappa shape index (κ1) is 19.1. The smallest absolute Gasteiger partial charge is 0.411 e. The maximum absolute atomic E-state index is 12.3. The summed E-state index contributed by atoms with van der Waals surface area (Å²) in [6.07, 6.45) is -0.544. The van der Waals surface area contributed by atoms with Crippen molar-refractivity contribution in [2.45, 2.75) is 13.8 Å². The first-order chi connectivity index (χ1) is 11.8. The molecule has 7 heteroatoms. The van der Waals surface area contributed by atoms with E-state index in [4.69, 9.17) is 27.9 Å². The molecule has 0 unspecified atom stereocenters. The molecule has 2 rings (SSSR count). The Labute approximate surface area is 156 Å². The van der Waals surface area contributed by atoms with E-state index in [1.807, 2.05) is 13.8 Å². The van der Waals surface area contributed by atoms with Crippen LogP contribution in [0.1, 0.15) is 24.2 Å². The fourth-order valence-electron chi connectivity index (χ4n) is 1.94. The first-order valence-electron chi connectivity index (χ1n) is 7.65. The second-order valence-electron chi connectivity index (χ2n) is 5.78. The van der Waals surface area contributed by atoms with E-state index in [1.165, 1.54) is 6.07 Å². The standard InChI is InChI=1S/C18H18Cl2N2O3/c1-11(2)10-25-18(24)22-14-5-3-4-13(9-14)21-17(23)15-7-6-12(19)8-16(15)20/h3-9,11H,10H2,1-2H3,(H,21,23)(H,22,24). The van der Waals surface area contributed by atoms with Crippen LogP contribution in [0.15, 0.2) is 42.5 Å². The minimum absolute atomic E-state index is 0.250. The molecule has 0 heterocycles. The summed E-state index contributed by atoms with van der Waals surface area (Å²) < 4.78 is 5.06. The lowest BCUT2D eigenvalue weighted by molar-refractivity contribution is 0.102. The molecule has 0 radical (unpaired) electrons. The van der Waals surface area contributed by atoms with E-state index < -0.39 is 6.09 Å². The van der Waals surface area contributed by atoms with Crippen molar-refractivity contribution in [3.63, 3.8) is 0 Å². The predicted octanol–water partition coefficient (Wildman–Crippen LogP) is 5.45. The molecule has 0 aliphatic carbocycles. The molecule has 0 spiro atoms. The van der Waals surface area contributed by atoms with E-state index in [1.54, 1.807) is 36.4 Å². The summed E-state index contributed by atoms with van der Waals surface area (Å²) in [6, 6.07) is 11.4. The highest BCUT2D eigenvalue weighted by molar-refractivity contribution is 6.37. The zero-order valence-corrected chi connectivity index (χ0v) is 15.3. The van der Waals surface area contributed by atoms with Crippen LogP contribution in [0, 0.1) is 5.92 Å². The molecule has 2 aromatic rings. The number of carbonyl (C=O) groups excluding carboxylic acids is 2. The molecule has 2 aromatic carbocycles.